The van der Waals surface area contributed by atoms with E-state index in [-0.39, 0.29) is 0 Å². The highest BCUT2D eigenvalue weighted by Crippen LogP contribution is 1.85. The summed E-state index contributed by atoms with van der Waals surface area (Å²) >= 11 is 0. The highest BCUT2D eigenvalue weighted by Gasteiger charge is 1.73. The summed E-state index contributed by atoms with van der Waals surface area (Å²) < 4.78 is 4.53. The van der Waals surface area contributed by atoms with E-state index < -0.39 is 0 Å². The highest BCUT2D eigenvalue weighted by molar-refractivity contribution is 5.21. The third kappa shape index (κ3) is 2.13. The quantitative estimate of drug-likeness (QED) is 0.573. The molecule has 52 valence electrons. The molecule has 0 amide bonds. The molecule has 1 rings (SSSR count). The number of nitrogens with zero attached hydrogens (tertiary/aromatic N) is 2. The van der Waals surface area contributed by atoms with E-state index >= 15 is 0 Å². The summed E-state index contributed by atoms with van der Waals surface area (Å²) in [6.07, 6.45) is 1.41. The Hall–Kier alpha value is -1.58. The Morgan fingerprint density at radius 3 is 3.10 bits per heavy atom. The molecule has 4 nitrogen and oxygen atoms in total. The van der Waals surface area contributed by atoms with Gasteiger partial charge < -0.3 is 10.3 Å². The van der Waals surface area contributed by atoms with E-state index in [2.05, 4.69) is 14.9 Å². The normalized spacial score (nSPS) is 8.40. The van der Waals surface area contributed by atoms with Gasteiger partial charge in [0.05, 0.1) is 0 Å². The molecule has 0 fully saturated rings. The van der Waals surface area contributed by atoms with Crippen LogP contribution in [-0.4, -0.2) is 10.4 Å². The summed E-state index contributed by atoms with van der Waals surface area (Å²) in [6.45, 7) is 0. The van der Waals surface area contributed by atoms with Gasteiger partial charge in [0.2, 0.25) is 0 Å². The molecule has 0 unspecified atom stereocenters. The second kappa shape index (κ2) is 3.45. The van der Waals surface area contributed by atoms with Gasteiger partial charge in [0.1, 0.15) is 12.1 Å². The Labute approximate surface area is 58.0 Å². The number of hydrogen-bond acceptors (Lipinski definition) is 4. The Morgan fingerprint density at radius 2 is 2.20 bits per heavy atom. The lowest BCUT2D eigenvalue weighted by Gasteiger charge is -1.75. The SMILES string of the molecule is Nc1ccccconn1. The van der Waals surface area contributed by atoms with Crippen LogP contribution in [0.4, 0.5) is 5.82 Å². The maximum atomic E-state index is 5.32. The van der Waals surface area contributed by atoms with Crippen molar-refractivity contribution in [3.05, 3.63) is 30.5 Å². The van der Waals surface area contributed by atoms with Gasteiger partial charge in [0.25, 0.3) is 0 Å². The molecular weight excluding hydrogens is 130 g/mol. The third-order valence-corrected chi connectivity index (χ3v) is 0.832. The van der Waals surface area contributed by atoms with Crippen molar-refractivity contribution in [1.82, 2.24) is 10.4 Å². The number of nitrogens with two attached hydrogens (primary N) is 1. The Kier molecular flexibility index (Phi) is 2.25. The molecule has 2 N–H and O–H groups in total. The lowest BCUT2D eigenvalue weighted by Crippen LogP contribution is -1.86. The molecule has 1 heterocycles. The van der Waals surface area contributed by atoms with E-state index in [1.54, 1.807) is 24.3 Å². The van der Waals surface area contributed by atoms with E-state index in [0.717, 1.165) is 0 Å². The van der Waals surface area contributed by atoms with Gasteiger partial charge in [-0.05, 0) is 12.1 Å². The Morgan fingerprint density at radius 1 is 1.30 bits per heavy atom. The first-order chi connectivity index (χ1) is 4.89. The summed E-state index contributed by atoms with van der Waals surface area (Å²) in [5.74, 6) is 0.319. The molecule has 0 bridgehead atoms. The number of nitrogen functional groups attached to an aromatic ring is 1. The van der Waals surface area contributed by atoms with Crippen LogP contribution in [0.2, 0.25) is 0 Å². The maximum Gasteiger partial charge on any atom is 0.149 e. The van der Waals surface area contributed by atoms with Crippen molar-refractivity contribution in [2.75, 3.05) is 5.73 Å². The molecule has 1 aromatic rings. The van der Waals surface area contributed by atoms with Crippen molar-refractivity contribution in [2.45, 2.75) is 0 Å². The summed E-state index contributed by atoms with van der Waals surface area (Å²) in [5, 5.41) is 6.76. The standard InChI is InChI=1S/C6H7N3O/c7-6-4-2-1-3-5-10-9-8-6/h1-5H,7H2. The first kappa shape index (κ1) is 6.54. The van der Waals surface area contributed by atoms with Gasteiger partial charge in [0, 0.05) is 5.27 Å². The molecule has 0 aliphatic heterocycles. The van der Waals surface area contributed by atoms with Crippen LogP contribution in [0.25, 0.3) is 0 Å². The van der Waals surface area contributed by atoms with Crippen LogP contribution in [-0.2, 0) is 0 Å². The fraction of sp³-hybridized carbons (Fsp3) is 0. The largest absolute Gasteiger partial charge is 0.382 e. The molecule has 0 atom stereocenters. The fourth-order valence-corrected chi connectivity index (χ4v) is 0.430. The van der Waals surface area contributed by atoms with Gasteiger partial charge >= 0.3 is 0 Å². The lowest BCUT2D eigenvalue weighted by molar-refractivity contribution is 0.368. The second-order valence-corrected chi connectivity index (χ2v) is 1.59. The maximum absolute atomic E-state index is 5.32. The topological polar surface area (TPSA) is 64.9 Å². The minimum absolute atomic E-state index is 0.319. The van der Waals surface area contributed by atoms with Crippen molar-refractivity contribution in [3.63, 3.8) is 0 Å². The average molecular weight is 137 g/mol. The van der Waals surface area contributed by atoms with Crippen molar-refractivity contribution < 1.29 is 4.52 Å². The monoisotopic (exact) mass is 137 g/mol. The van der Waals surface area contributed by atoms with E-state index in [0.29, 0.717) is 5.82 Å². The van der Waals surface area contributed by atoms with E-state index in [1.807, 2.05) is 0 Å². The molecule has 0 spiro atoms. The predicted molar refractivity (Wildman–Crippen MR) is 36.3 cm³/mol. The van der Waals surface area contributed by atoms with Crippen LogP contribution in [0.15, 0.2) is 35.1 Å². The summed E-state index contributed by atoms with van der Waals surface area (Å²) in [6, 6.07) is 6.83. The summed E-state index contributed by atoms with van der Waals surface area (Å²) in [5.41, 5.74) is 5.32. The minimum atomic E-state index is 0.319. The van der Waals surface area contributed by atoms with E-state index in [4.69, 9.17) is 5.73 Å². The molecule has 0 aromatic carbocycles. The first-order valence-electron chi connectivity index (χ1n) is 2.75. The lowest BCUT2D eigenvalue weighted by atomic mass is 10.5. The van der Waals surface area contributed by atoms with Crippen LogP contribution in [0.1, 0.15) is 0 Å². The van der Waals surface area contributed by atoms with Crippen LogP contribution >= 0.6 is 0 Å². The van der Waals surface area contributed by atoms with Crippen molar-refractivity contribution in [2.24, 2.45) is 0 Å². The zero-order chi connectivity index (χ0) is 7.23. The van der Waals surface area contributed by atoms with Gasteiger partial charge in [-0.1, -0.05) is 17.2 Å². The van der Waals surface area contributed by atoms with Crippen LogP contribution < -0.4 is 5.73 Å². The molecule has 4 heteroatoms. The predicted octanol–water partition coefficient (Wildman–Crippen LogP) is 0.776. The third-order valence-electron chi connectivity index (χ3n) is 0.832. The fourth-order valence-electron chi connectivity index (χ4n) is 0.430. The average Bonchev–Trinajstić information content (AvgIpc) is 2.02. The van der Waals surface area contributed by atoms with Gasteiger partial charge in [0.15, 0.2) is 0 Å². The summed E-state index contributed by atoms with van der Waals surface area (Å²) in [7, 11) is 0. The van der Waals surface area contributed by atoms with E-state index in [1.165, 1.54) is 6.26 Å². The zero-order valence-corrected chi connectivity index (χ0v) is 5.27. The van der Waals surface area contributed by atoms with Crippen LogP contribution in [0, 0.1) is 0 Å². The molecule has 10 heavy (non-hydrogen) atoms. The number of rotatable bonds is 0. The molecular formula is C6H7N3O. The van der Waals surface area contributed by atoms with Gasteiger partial charge in [-0.25, -0.2) is 0 Å². The Balaban J connectivity index is 3.13. The number of aromatic nitrogens is 2. The molecule has 0 saturated heterocycles. The van der Waals surface area contributed by atoms with Crippen LogP contribution in [0.5, 0.6) is 0 Å². The van der Waals surface area contributed by atoms with Crippen molar-refractivity contribution in [3.8, 4) is 0 Å². The first-order valence-corrected chi connectivity index (χ1v) is 2.75. The second-order valence-electron chi connectivity index (χ2n) is 1.59. The minimum Gasteiger partial charge on any atom is -0.382 e. The molecule has 0 aliphatic rings. The van der Waals surface area contributed by atoms with Gasteiger partial charge in [-0.15, -0.1) is 0 Å². The highest BCUT2D eigenvalue weighted by atomic mass is 16.5. The van der Waals surface area contributed by atoms with E-state index in [9.17, 15) is 0 Å². The summed E-state index contributed by atoms with van der Waals surface area (Å²) in [4.78, 5) is 0. The van der Waals surface area contributed by atoms with Gasteiger partial charge in [-0.3, -0.25) is 0 Å². The van der Waals surface area contributed by atoms with Crippen LogP contribution in [0.3, 0.4) is 0 Å². The van der Waals surface area contributed by atoms with Crippen molar-refractivity contribution >= 4 is 5.82 Å². The number of anilines is 1. The zero-order valence-electron chi connectivity index (χ0n) is 5.27. The smallest absolute Gasteiger partial charge is 0.149 e. The number of hydrogen-bond donors (Lipinski definition) is 1. The van der Waals surface area contributed by atoms with Gasteiger partial charge in [-0.2, -0.15) is 0 Å². The molecule has 0 saturated carbocycles. The Bertz CT molecular complexity index is 220. The molecule has 0 radical (unpaired) electrons. The van der Waals surface area contributed by atoms with Crippen molar-refractivity contribution in [1.29, 1.82) is 0 Å². The molecule has 1 aromatic heterocycles. The molecule has 0 aliphatic carbocycles.